The van der Waals surface area contributed by atoms with Crippen LogP contribution in [0.3, 0.4) is 0 Å². The number of amides is 1. The zero-order valence-electron chi connectivity index (χ0n) is 12.8. The van der Waals surface area contributed by atoms with Gasteiger partial charge in [-0.05, 0) is 32.0 Å². The Balaban J connectivity index is 1.99. The predicted octanol–water partition coefficient (Wildman–Crippen LogP) is 3.52. The highest BCUT2D eigenvalue weighted by molar-refractivity contribution is 9.10. The van der Waals surface area contributed by atoms with Crippen molar-refractivity contribution in [2.45, 2.75) is 32.2 Å². The molecule has 1 N–H and O–H groups in total. The number of rotatable bonds is 3. The smallest absolute Gasteiger partial charge is 0.376 e. The van der Waals surface area contributed by atoms with Crippen molar-refractivity contribution in [2.75, 3.05) is 25.0 Å². The average Bonchev–Trinajstić information content (AvgIpc) is 2.43. The van der Waals surface area contributed by atoms with Crippen LogP contribution in [0.15, 0.2) is 22.7 Å². The summed E-state index contributed by atoms with van der Waals surface area (Å²) in [5.74, 6) is -0.163. The number of halogens is 4. The Hall–Kier alpha value is -1.28. The van der Waals surface area contributed by atoms with E-state index in [2.05, 4.69) is 21.2 Å². The van der Waals surface area contributed by atoms with E-state index in [0.717, 1.165) is 6.07 Å². The number of nitrogens with one attached hydrogen (secondary N) is 1. The molecule has 1 fully saturated rings. The lowest BCUT2D eigenvalue weighted by atomic mass is 10.2. The third kappa shape index (κ3) is 4.84. The second-order valence-electron chi connectivity index (χ2n) is 5.60. The Kier molecular flexibility index (Phi) is 5.57. The number of benzene rings is 1. The second-order valence-corrected chi connectivity index (χ2v) is 6.46. The van der Waals surface area contributed by atoms with Crippen molar-refractivity contribution >= 4 is 27.5 Å². The molecule has 23 heavy (non-hydrogen) atoms. The molecule has 0 aromatic heterocycles. The van der Waals surface area contributed by atoms with Crippen molar-refractivity contribution in [3.63, 3.8) is 0 Å². The van der Waals surface area contributed by atoms with Gasteiger partial charge in [0.1, 0.15) is 0 Å². The molecule has 1 aliphatic rings. The zero-order chi connectivity index (χ0) is 17.2. The summed E-state index contributed by atoms with van der Waals surface area (Å²) in [5.41, 5.74) is -0.521. The molecule has 0 bridgehead atoms. The number of hydrogen-bond acceptors (Lipinski definition) is 3. The summed E-state index contributed by atoms with van der Waals surface area (Å²) in [6.07, 6.45) is -4.55. The number of anilines is 1. The van der Waals surface area contributed by atoms with Crippen molar-refractivity contribution in [1.82, 2.24) is 4.90 Å². The highest BCUT2D eigenvalue weighted by atomic mass is 79.9. The summed E-state index contributed by atoms with van der Waals surface area (Å²) >= 11 is 2.89. The molecule has 0 spiro atoms. The molecule has 0 aliphatic carbocycles. The molecule has 2 atom stereocenters. The molecule has 1 aromatic carbocycles. The summed E-state index contributed by atoms with van der Waals surface area (Å²) in [5, 5.41) is 2.76. The summed E-state index contributed by atoms with van der Waals surface area (Å²) in [4.78, 5) is 13.8. The lowest BCUT2D eigenvalue weighted by molar-refractivity contribution is -0.141. The van der Waals surface area contributed by atoms with E-state index in [-0.39, 0.29) is 34.8 Å². The topological polar surface area (TPSA) is 41.6 Å². The van der Waals surface area contributed by atoms with Gasteiger partial charge in [-0.3, -0.25) is 4.79 Å². The second kappa shape index (κ2) is 7.09. The van der Waals surface area contributed by atoms with Gasteiger partial charge in [0.2, 0.25) is 5.91 Å². The number of carbonyl (C=O) groups is 1. The largest absolute Gasteiger partial charge is 0.417 e. The van der Waals surface area contributed by atoms with Crippen molar-refractivity contribution in [3.05, 3.63) is 28.2 Å². The van der Waals surface area contributed by atoms with Gasteiger partial charge in [-0.2, -0.15) is 13.2 Å². The minimum atomic E-state index is -4.45. The summed E-state index contributed by atoms with van der Waals surface area (Å²) in [6, 6.07) is 3.80. The highest BCUT2D eigenvalue weighted by Crippen LogP contribution is 2.36. The van der Waals surface area contributed by atoms with Crippen LogP contribution in [0.4, 0.5) is 18.9 Å². The molecule has 1 heterocycles. The molecule has 1 aliphatic heterocycles. The first-order valence-corrected chi connectivity index (χ1v) is 8.00. The molecule has 1 saturated heterocycles. The van der Waals surface area contributed by atoms with Gasteiger partial charge in [0.25, 0.3) is 0 Å². The van der Waals surface area contributed by atoms with Crippen LogP contribution >= 0.6 is 15.9 Å². The van der Waals surface area contributed by atoms with E-state index in [0.29, 0.717) is 13.1 Å². The molecular weight excluding hydrogens is 377 g/mol. The van der Waals surface area contributed by atoms with Gasteiger partial charge in [-0.1, -0.05) is 15.9 Å². The Bertz CT molecular complexity index is 570. The molecule has 128 valence electrons. The van der Waals surface area contributed by atoms with E-state index in [1.165, 1.54) is 12.1 Å². The van der Waals surface area contributed by atoms with Crippen LogP contribution < -0.4 is 5.32 Å². The normalized spacial score (nSPS) is 22.1. The average molecular weight is 395 g/mol. The predicted molar refractivity (Wildman–Crippen MR) is 84.2 cm³/mol. The fourth-order valence-corrected chi connectivity index (χ4v) is 2.99. The van der Waals surface area contributed by atoms with Crippen molar-refractivity contribution < 1.29 is 22.7 Å². The van der Waals surface area contributed by atoms with Gasteiger partial charge in [-0.15, -0.1) is 0 Å². The summed E-state index contributed by atoms with van der Waals surface area (Å²) < 4.78 is 44.1. The number of alkyl halides is 3. The maximum absolute atomic E-state index is 12.9. The van der Waals surface area contributed by atoms with Crippen LogP contribution in [-0.2, 0) is 15.7 Å². The van der Waals surface area contributed by atoms with Crippen molar-refractivity contribution in [2.24, 2.45) is 0 Å². The standard InChI is InChI=1S/C15H18BrF3N2O2/c1-9-7-21(8-10(2)23-9)14(22)6-20-11-3-4-13(16)12(5-11)15(17,18)19/h3-5,9-10,20H,6-8H2,1-2H3/t9-,10-/m1/s1. The minimum Gasteiger partial charge on any atom is -0.376 e. The van der Waals surface area contributed by atoms with Crippen LogP contribution in [0, 0.1) is 0 Å². The van der Waals surface area contributed by atoms with Gasteiger partial charge in [-0.25, -0.2) is 0 Å². The van der Waals surface area contributed by atoms with Crippen LogP contribution in [0.5, 0.6) is 0 Å². The van der Waals surface area contributed by atoms with E-state index in [4.69, 9.17) is 4.74 Å². The summed E-state index contributed by atoms with van der Waals surface area (Å²) in [6.45, 7) is 4.68. The Morgan fingerprint density at radius 2 is 1.96 bits per heavy atom. The number of nitrogens with zero attached hydrogens (tertiary/aromatic N) is 1. The fraction of sp³-hybridized carbons (Fsp3) is 0.533. The number of ether oxygens (including phenoxy) is 1. The Morgan fingerprint density at radius 3 is 2.52 bits per heavy atom. The quantitative estimate of drug-likeness (QED) is 0.852. The van der Waals surface area contributed by atoms with E-state index in [1.54, 1.807) is 4.90 Å². The number of hydrogen-bond donors (Lipinski definition) is 1. The maximum Gasteiger partial charge on any atom is 0.417 e. The lowest BCUT2D eigenvalue weighted by Crippen LogP contribution is -2.49. The fourth-order valence-electron chi connectivity index (χ4n) is 2.52. The molecule has 1 amide bonds. The van der Waals surface area contributed by atoms with Gasteiger partial charge in [0.15, 0.2) is 0 Å². The van der Waals surface area contributed by atoms with Crippen LogP contribution in [0.25, 0.3) is 0 Å². The molecule has 0 unspecified atom stereocenters. The lowest BCUT2D eigenvalue weighted by Gasteiger charge is -2.35. The van der Waals surface area contributed by atoms with Crippen LogP contribution in [0.2, 0.25) is 0 Å². The third-order valence-electron chi connectivity index (χ3n) is 3.49. The Morgan fingerprint density at radius 1 is 1.35 bits per heavy atom. The number of morpholine rings is 1. The van der Waals surface area contributed by atoms with Crippen LogP contribution in [0.1, 0.15) is 19.4 Å². The molecule has 8 heteroatoms. The van der Waals surface area contributed by atoms with E-state index in [9.17, 15) is 18.0 Å². The molecule has 0 radical (unpaired) electrons. The highest BCUT2D eigenvalue weighted by Gasteiger charge is 2.33. The van der Waals surface area contributed by atoms with Gasteiger partial charge in [0.05, 0.1) is 24.3 Å². The first-order valence-electron chi connectivity index (χ1n) is 7.20. The molecule has 1 aromatic rings. The monoisotopic (exact) mass is 394 g/mol. The molecule has 2 rings (SSSR count). The molecule has 0 saturated carbocycles. The molecular formula is C15H18BrF3N2O2. The maximum atomic E-state index is 12.9. The van der Waals surface area contributed by atoms with Crippen molar-refractivity contribution in [3.8, 4) is 0 Å². The van der Waals surface area contributed by atoms with E-state index >= 15 is 0 Å². The van der Waals surface area contributed by atoms with Gasteiger partial charge < -0.3 is 15.0 Å². The van der Waals surface area contributed by atoms with Gasteiger partial charge in [0, 0.05) is 23.2 Å². The third-order valence-corrected chi connectivity index (χ3v) is 4.18. The van der Waals surface area contributed by atoms with E-state index < -0.39 is 11.7 Å². The Labute approximate surface area is 141 Å². The van der Waals surface area contributed by atoms with E-state index in [1.807, 2.05) is 13.8 Å². The SMILES string of the molecule is C[C@@H]1CN(C(=O)CNc2ccc(Br)c(C(F)(F)F)c2)C[C@@H](C)O1. The van der Waals surface area contributed by atoms with Gasteiger partial charge >= 0.3 is 6.18 Å². The number of carbonyl (C=O) groups excluding carboxylic acids is 1. The molecule has 4 nitrogen and oxygen atoms in total. The summed E-state index contributed by atoms with van der Waals surface area (Å²) in [7, 11) is 0. The first kappa shape index (κ1) is 18.1. The minimum absolute atomic E-state index is 0.0299. The van der Waals surface area contributed by atoms with Crippen molar-refractivity contribution in [1.29, 1.82) is 0 Å². The zero-order valence-corrected chi connectivity index (χ0v) is 14.4. The first-order chi connectivity index (χ1) is 10.7. The van der Waals surface area contributed by atoms with Crippen LogP contribution in [-0.4, -0.2) is 42.6 Å².